The Morgan fingerprint density at radius 1 is 1.11 bits per heavy atom. The van der Waals surface area contributed by atoms with Crippen LogP contribution in [-0.4, -0.2) is 29.0 Å². The molecule has 0 amide bonds. The number of rotatable bonds is 5. The highest BCUT2D eigenvalue weighted by atomic mass is 16.5. The van der Waals surface area contributed by atoms with Gasteiger partial charge in [-0.3, -0.25) is 0 Å². The van der Waals surface area contributed by atoms with E-state index in [0.717, 1.165) is 29.4 Å². The van der Waals surface area contributed by atoms with E-state index >= 15 is 0 Å². The van der Waals surface area contributed by atoms with Gasteiger partial charge in [-0.15, -0.1) is 10.2 Å². The van der Waals surface area contributed by atoms with Crippen molar-refractivity contribution in [3.05, 3.63) is 24.5 Å². The van der Waals surface area contributed by atoms with E-state index in [1.165, 1.54) is 0 Å². The second-order valence-electron chi connectivity index (χ2n) is 4.80. The fourth-order valence-corrected chi connectivity index (χ4v) is 1.94. The van der Waals surface area contributed by atoms with E-state index in [0.29, 0.717) is 5.92 Å². The average Bonchev–Trinajstić information content (AvgIpc) is 2.85. The van der Waals surface area contributed by atoms with Crippen molar-refractivity contribution in [1.29, 1.82) is 0 Å². The fourth-order valence-electron chi connectivity index (χ4n) is 1.94. The lowest BCUT2D eigenvalue weighted by Gasteiger charge is -2.11. The van der Waals surface area contributed by atoms with Gasteiger partial charge in [0.05, 0.1) is 14.2 Å². The summed E-state index contributed by atoms with van der Waals surface area (Å²) >= 11 is 0. The van der Waals surface area contributed by atoms with Crippen LogP contribution in [0.1, 0.15) is 13.8 Å². The van der Waals surface area contributed by atoms with Crippen LogP contribution in [0.4, 0.5) is 0 Å². The summed E-state index contributed by atoms with van der Waals surface area (Å²) in [6, 6.07) is 5.71. The Labute approximate surface area is 113 Å². The van der Waals surface area contributed by atoms with E-state index in [9.17, 15) is 0 Å². The van der Waals surface area contributed by atoms with Gasteiger partial charge in [0, 0.05) is 18.2 Å². The van der Waals surface area contributed by atoms with Crippen molar-refractivity contribution < 1.29 is 9.47 Å². The molecule has 102 valence electrons. The zero-order chi connectivity index (χ0) is 13.8. The topological polar surface area (TPSA) is 49.2 Å². The van der Waals surface area contributed by atoms with Crippen molar-refractivity contribution in [3.8, 4) is 22.9 Å². The summed E-state index contributed by atoms with van der Waals surface area (Å²) in [6.45, 7) is 5.20. The summed E-state index contributed by atoms with van der Waals surface area (Å²) in [5, 5.41) is 8.19. The van der Waals surface area contributed by atoms with Gasteiger partial charge in [-0.05, 0) is 18.1 Å². The molecule has 0 spiro atoms. The fraction of sp³-hybridized carbons (Fsp3) is 0.429. The Hall–Kier alpha value is -2.04. The molecule has 5 heteroatoms. The van der Waals surface area contributed by atoms with E-state index in [2.05, 4.69) is 24.0 Å². The predicted molar refractivity (Wildman–Crippen MR) is 73.4 cm³/mol. The molecule has 0 saturated heterocycles. The van der Waals surface area contributed by atoms with Gasteiger partial charge in [0.1, 0.15) is 17.8 Å². The third kappa shape index (κ3) is 3.05. The second kappa shape index (κ2) is 5.73. The number of benzene rings is 1. The van der Waals surface area contributed by atoms with Crippen LogP contribution >= 0.6 is 0 Å². The van der Waals surface area contributed by atoms with Gasteiger partial charge >= 0.3 is 0 Å². The minimum absolute atomic E-state index is 0.530. The molecular formula is C14H19N3O2. The molecule has 0 atom stereocenters. The van der Waals surface area contributed by atoms with Gasteiger partial charge in [0.15, 0.2) is 5.82 Å². The average molecular weight is 261 g/mol. The first-order chi connectivity index (χ1) is 9.13. The molecule has 5 nitrogen and oxygen atoms in total. The van der Waals surface area contributed by atoms with Crippen LogP contribution in [0.5, 0.6) is 11.5 Å². The van der Waals surface area contributed by atoms with Crippen LogP contribution < -0.4 is 9.47 Å². The highest BCUT2D eigenvalue weighted by molar-refractivity contribution is 5.61. The number of nitrogens with zero attached hydrogens (tertiary/aromatic N) is 3. The van der Waals surface area contributed by atoms with Crippen LogP contribution in [-0.2, 0) is 6.54 Å². The lowest BCUT2D eigenvalue weighted by Crippen LogP contribution is -2.05. The molecule has 2 aromatic rings. The highest BCUT2D eigenvalue weighted by Crippen LogP contribution is 2.28. The first kappa shape index (κ1) is 13.4. The van der Waals surface area contributed by atoms with Gasteiger partial charge in [0.25, 0.3) is 0 Å². The summed E-state index contributed by atoms with van der Waals surface area (Å²) in [5.41, 5.74) is 0.939. The molecule has 1 heterocycles. The Morgan fingerprint density at radius 3 is 2.26 bits per heavy atom. The maximum Gasteiger partial charge on any atom is 0.164 e. The highest BCUT2D eigenvalue weighted by Gasteiger charge is 2.11. The Bertz CT molecular complexity index is 527. The van der Waals surface area contributed by atoms with Crippen molar-refractivity contribution in [1.82, 2.24) is 14.8 Å². The van der Waals surface area contributed by atoms with Gasteiger partial charge < -0.3 is 14.0 Å². The third-order valence-electron chi connectivity index (χ3n) is 2.79. The van der Waals surface area contributed by atoms with Gasteiger partial charge in [-0.2, -0.15) is 0 Å². The summed E-state index contributed by atoms with van der Waals surface area (Å²) in [5.74, 6) is 2.84. The normalized spacial score (nSPS) is 10.8. The molecule has 0 aliphatic heterocycles. The SMILES string of the molecule is COc1cc(OC)cc(-c2nncn2CC(C)C)c1. The largest absolute Gasteiger partial charge is 0.497 e. The summed E-state index contributed by atoms with van der Waals surface area (Å²) in [6.07, 6.45) is 1.75. The van der Waals surface area contributed by atoms with E-state index in [4.69, 9.17) is 9.47 Å². The van der Waals surface area contributed by atoms with E-state index in [1.54, 1.807) is 20.5 Å². The second-order valence-corrected chi connectivity index (χ2v) is 4.80. The maximum absolute atomic E-state index is 5.28. The van der Waals surface area contributed by atoms with Crippen LogP contribution in [0.3, 0.4) is 0 Å². The standard InChI is InChI=1S/C14H19N3O2/c1-10(2)8-17-9-15-16-14(17)11-5-12(18-3)7-13(6-11)19-4/h5-7,9-10H,8H2,1-4H3. The van der Waals surface area contributed by atoms with Crippen LogP contribution in [0.25, 0.3) is 11.4 Å². The molecule has 19 heavy (non-hydrogen) atoms. The summed E-state index contributed by atoms with van der Waals surface area (Å²) in [4.78, 5) is 0. The molecule has 0 aliphatic carbocycles. The lowest BCUT2D eigenvalue weighted by atomic mass is 10.1. The number of ether oxygens (including phenoxy) is 2. The summed E-state index contributed by atoms with van der Waals surface area (Å²) in [7, 11) is 3.27. The molecule has 1 aromatic carbocycles. The van der Waals surface area contributed by atoms with Crippen LogP contribution in [0, 0.1) is 5.92 Å². The lowest BCUT2D eigenvalue weighted by molar-refractivity contribution is 0.394. The third-order valence-corrected chi connectivity index (χ3v) is 2.79. The zero-order valence-corrected chi connectivity index (χ0v) is 11.8. The van der Waals surface area contributed by atoms with E-state index < -0.39 is 0 Å². The Kier molecular flexibility index (Phi) is 4.04. The van der Waals surface area contributed by atoms with Gasteiger partial charge in [-0.25, -0.2) is 0 Å². The molecule has 2 rings (SSSR count). The maximum atomic E-state index is 5.28. The van der Waals surface area contributed by atoms with Gasteiger partial charge in [-0.1, -0.05) is 13.8 Å². The van der Waals surface area contributed by atoms with Crippen molar-refractivity contribution in [2.24, 2.45) is 5.92 Å². The molecule has 0 N–H and O–H groups in total. The first-order valence-electron chi connectivity index (χ1n) is 6.25. The zero-order valence-electron chi connectivity index (χ0n) is 11.8. The van der Waals surface area contributed by atoms with Gasteiger partial charge in [0.2, 0.25) is 0 Å². The first-order valence-corrected chi connectivity index (χ1v) is 6.25. The number of hydrogen-bond donors (Lipinski definition) is 0. The molecule has 0 radical (unpaired) electrons. The Balaban J connectivity index is 2.43. The smallest absolute Gasteiger partial charge is 0.164 e. The van der Waals surface area contributed by atoms with Crippen molar-refractivity contribution in [2.45, 2.75) is 20.4 Å². The molecule has 0 bridgehead atoms. The minimum Gasteiger partial charge on any atom is -0.497 e. The van der Waals surface area contributed by atoms with E-state index in [-0.39, 0.29) is 0 Å². The van der Waals surface area contributed by atoms with Crippen molar-refractivity contribution >= 4 is 0 Å². The molecule has 0 saturated carbocycles. The molecule has 0 unspecified atom stereocenters. The van der Waals surface area contributed by atoms with Crippen molar-refractivity contribution in [3.63, 3.8) is 0 Å². The molecule has 0 aliphatic rings. The Morgan fingerprint density at radius 2 is 1.74 bits per heavy atom. The number of hydrogen-bond acceptors (Lipinski definition) is 4. The number of aromatic nitrogens is 3. The monoisotopic (exact) mass is 261 g/mol. The quantitative estimate of drug-likeness (QED) is 0.830. The van der Waals surface area contributed by atoms with E-state index in [1.807, 2.05) is 22.8 Å². The molecular weight excluding hydrogens is 242 g/mol. The molecule has 1 aromatic heterocycles. The van der Waals surface area contributed by atoms with Crippen LogP contribution in [0.15, 0.2) is 24.5 Å². The number of methoxy groups -OCH3 is 2. The molecule has 0 fully saturated rings. The summed E-state index contributed by atoms with van der Waals surface area (Å²) < 4.78 is 12.6. The minimum atomic E-state index is 0.530. The van der Waals surface area contributed by atoms with Crippen molar-refractivity contribution in [2.75, 3.05) is 14.2 Å². The van der Waals surface area contributed by atoms with Crippen LogP contribution in [0.2, 0.25) is 0 Å². The predicted octanol–water partition coefficient (Wildman–Crippen LogP) is 2.62.